The molecule has 1 fully saturated rings. The molecule has 0 aliphatic carbocycles. The van der Waals surface area contributed by atoms with E-state index >= 15 is 0 Å². The summed E-state index contributed by atoms with van der Waals surface area (Å²) in [6, 6.07) is 8.55. The standard InChI is InChI=1S/C15H21ClN2OS/c1-11-10-12(6-8-17-11)18-15(19)7-9-20-14-5-3-2-4-13(14)16/h2-5,11-12,17H,6-10H2,1H3,(H,18,19). The molecule has 5 heteroatoms. The predicted octanol–water partition coefficient (Wildman–Crippen LogP) is 3.08. The van der Waals surface area contributed by atoms with E-state index in [9.17, 15) is 4.79 Å². The Morgan fingerprint density at radius 2 is 2.30 bits per heavy atom. The van der Waals surface area contributed by atoms with E-state index in [1.165, 1.54) is 0 Å². The highest BCUT2D eigenvalue weighted by Crippen LogP contribution is 2.26. The molecule has 110 valence electrons. The SMILES string of the molecule is CC1CC(NC(=O)CCSc2ccccc2Cl)CCN1. The molecule has 1 saturated heterocycles. The summed E-state index contributed by atoms with van der Waals surface area (Å²) in [6.07, 6.45) is 2.57. The third-order valence-electron chi connectivity index (χ3n) is 3.41. The van der Waals surface area contributed by atoms with E-state index in [1.807, 2.05) is 24.3 Å². The van der Waals surface area contributed by atoms with Crippen LogP contribution in [0.4, 0.5) is 0 Å². The minimum absolute atomic E-state index is 0.142. The number of rotatable bonds is 5. The van der Waals surface area contributed by atoms with E-state index in [0.717, 1.165) is 35.1 Å². The lowest BCUT2D eigenvalue weighted by Gasteiger charge is -2.28. The van der Waals surface area contributed by atoms with Crippen LogP contribution in [-0.4, -0.2) is 30.3 Å². The Balaban J connectivity index is 1.69. The zero-order valence-electron chi connectivity index (χ0n) is 11.7. The number of carbonyl (C=O) groups is 1. The number of hydrogen-bond acceptors (Lipinski definition) is 3. The van der Waals surface area contributed by atoms with E-state index in [-0.39, 0.29) is 5.91 Å². The van der Waals surface area contributed by atoms with Gasteiger partial charge in [0.25, 0.3) is 0 Å². The van der Waals surface area contributed by atoms with Crippen molar-refractivity contribution in [1.29, 1.82) is 0 Å². The first kappa shape index (κ1) is 15.7. The number of thioether (sulfide) groups is 1. The van der Waals surface area contributed by atoms with Crippen LogP contribution in [0.15, 0.2) is 29.2 Å². The number of halogens is 1. The van der Waals surface area contributed by atoms with Gasteiger partial charge in [0, 0.05) is 29.2 Å². The molecule has 2 atom stereocenters. The van der Waals surface area contributed by atoms with Gasteiger partial charge in [-0.15, -0.1) is 11.8 Å². The van der Waals surface area contributed by atoms with Crippen LogP contribution in [0.3, 0.4) is 0 Å². The number of hydrogen-bond donors (Lipinski definition) is 2. The molecule has 1 aliphatic rings. The van der Waals surface area contributed by atoms with E-state index in [2.05, 4.69) is 17.6 Å². The van der Waals surface area contributed by atoms with E-state index in [0.29, 0.717) is 18.5 Å². The molecule has 0 spiro atoms. The van der Waals surface area contributed by atoms with Crippen LogP contribution in [0.25, 0.3) is 0 Å². The zero-order chi connectivity index (χ0) is 14.4. The van der Waals surface area contributed by atoms with Crippen molar-refractivity contribution in [2.45, 2.75) is 43.2 Å². The fourth-order valence-electron chi connectivity index (χ4n) is 2.38. The van der Waals surface area contributed by atoms with Crippen LogP contribution in [0, 0.1) is 0 Å². The Bertz CT molecular complexity index is 455. The molecule has 2 N–H and O–H groups in total. The monoisotopic (exact) mass is 312 g/mol. The number of carbonyl (C=O) groups excluding carboxylic acids is 1. The molecule has 0 bridgehead atoms. The van der Waals surface area contributed by atoms with Gasteiger partial charge >= 0.3 is 0 Å². The van der Waals surface area contributed by atoms with Crippen molar-refractivity contribution >= 4 is 29.3 Å². The molecule has 1 amide bonds. The molecule has 1 heterocycles. The second-order valence-corrected chi connectivity index (χ2v) is 6.72. The summed E-state index contributed by atoms with van der Waals surface area (Å²) in [7, 11) is 0. The highest BCUT2D eigenvalue weighted by molar-refractivity contribution is 7.99. The van der Waals surface area contributed by atoms with Crippen LogP contribution < -0.4 is 10.6 Å². The fourth-order valence-corrected chi connectivity index (χ4v) is 3.57. The molecule has 0 aromatic heterocycles. The lowest BCUT2D eigenvalue weighted by Crippen LogP contribution is -2.46. The first-order chi connectivity index (χ1) is 9.65. The van der Waals surface area contributed by atoms with Gasteiger partial charge in [-0.3, -0.25) is 4.79 Å². The first-order valence-electron chi connectivity index (χ1n) is 7.05. The lowest BCUT2D eigenvalue weighted by molar-refractivity contribution is -0.121. The normalized spacial score (nSPS) is 22.5. The van der Waals surface area contributed by atoms with E-state index in [1.54, 1.807) is 11.8 Å². The van der Waals surface area contributed by atoms with Gasteiger partial charge in [0.05, 0.1) is 5.02 Å². The maximum absolute atomic E-state index is 11.9. The molecule has 1 aromatic carbocycles. The van der Waals surface area contributed by atoms with Gasteiger partial charge in [0.15, 0.2) is 0 Å². The van der Waals surface area contributed by atoms with Gasteiger partial charge in [0.2, 0.25) is 5.91 Å². The maximum atomic E-state index is 11.9. The van der Waals surface area contributed by atoms with Crippen molar-refractivity contribution in [3.63, 3.8) is 0 Å². The minimum Gasteiger partial charge on any atom is -0.353 e. The summed E-state index contributed by atoms with van der Waals surface area (Å²) >= 11 is 7.72. The summed E-state index contributed by atoms with van der Waals surface area (Å²) < 4.78 is 0. The molecule has 1 aliphatic heterocycles. The number of benzene rings is 1. The lowest BCUT2D eigenvalue weighted by atomic mass is 10.0. The number of piperidine rings is 1. The third kappa shape index (κ3) is 5.00. The van der Waals surface area contributed by atoms with Crippen molar-refractivity contribution in [3.8, 4) is 0 Å². The van der Waals surface area contributed by atoms with E-state index < -0.39 is 0 Å². The average molecular weight is 313 g/mol. The van der Waals surface area contributed by atoms with Gasteiger partial charge in [-0.2, -0.15) is 0 Å². The number of nitrogens with one attached hydrogen (secondary N) is 2. The Morgan fingerprint density at radius 1 is 1.50 bits per heavy atom. The smallest absolute Gasteiger partial charge is 0.221 e. The summed E-state index contributed by atoms with van der Waals surface area (Å²) in [5, 5.41) is 7.27. The molecule has 2 rings (SSSR count). The Kier molecular flexibility index (Phi) is 6.20. The van der Waals surface area contributed by atoms with Crippen molar-refractivity contribution in [2.24, 2.45) is 0 Å². The van der Waals surface area contributed by atoms with Gasteiger partial charge < -0.3 is 10.6 Å². The Hall–Kier alpha value is -0.710. The van der Waals surface area contributed by atoms with Gasteiger partial charge in [-0.25, -0.2) is 0 Å². The Morgan fingerprint density at radius 3 is 3.05 bits per heavy atom. The summed E-state index contributed by atoms with van der Waals surface area (Å²) in [6.45, 7) is 3.14. The second-order valence-electron chi connectivity index (χ2n) is 5.17. The fraction of sp³-hybridized carbons (Fsp3) is 0.533. The summed E-state index contributed by atoms with van der Waals surface area (Å²) in [5.41, 5.74) is 0. The van der Waals surface area contributed by atoms with Crippen molar-refractivity contribution in [1.82, 2.24) is 10.6 Å². The molecule has 20 heavy (non-hydrogen) atoms. The predicted molar refractivity (Wildman–Crippen MR) is 85.4 cm³/mol. The third-order valence-corrected chi connectivity index (χ3v) is 4.93. The summed E-state index contributed by atoms with van der Waals surface area (Å²) in [5.74, 6) is 0.902. The van der Waals surface area contributed by atoms with Crippen LogP contribution in [0.2, 0.25) is 5.02 Å². The molecular weight excluding hydrogens is 292 g/mol. The topological polar surface area (TPSA) is 41.1 Å². The molecule has 1 aromatic rings. The Labute approximate surface area is 129 Å². The number of amides is 1. The maximum Gasteiger partial charge on any atom is 0.221 e. The molecule has 0 saturated carbocycles. The molecule has 3 nitrogen and oxygen atoms in total. The van der Waals surface area contributed by atoms with Gasteiger partial charge in [-0.05, 0) is 38.4 Å². The van der Waals surface area contributed by atoms with Crippen LogP contribution in [0.1, 0.15) is 26.2 Å². The van der Waals surface area contributed by atoms with Crippen molar-refractivity contribution in [3.05, 3.63) is 29.3 Å². The van der Waals surface area contributed by atoms with Gasteiger partial charge in [0.1, 0.15) is 0 Å². The quantitative estimate of drug-likeness (QED) is 0.821. The van der Waals surface area contributed by atoms with Crippen molar-refractivity contribution in [2.75, 3.05) is 12.3 Å². The highest BCUT2D eigenvalue weighted by Gasteiger charge is 2.19. The molecule has 0 radical (unpaired) electrons. The van der Waals surface area contributed by atoms with E-state index in [4.69, 9.17) is 11.6 Å². The van der Waals surface area contributed by atoms with Gasteiger partial charge in [-0.1, -0.05) is 23.7 Å². The largest absolute Gasteiger partial charge is 0.353 e. The second kappa shape index (κ2) is 7.91. The average Bonchev–Trinajstić information content (AvgIpc) is 2.41. The van der Waals surface area contributed by atoms with Crippen LogP contribution in [0.5, 0.6) is 0 Å². The van der Waals surface area contributed by atoms with Crippen LogP contribution in [-0.2, 0) is 4.79 Å². The van der Waals surface area contributed by atoms with Crippen molar-refractivity contribution < 1.29 is 4.79 Å². The highest BCUT2D eigenvalue weighted by atomic mass is 35.5. The zero-order valence-corrected chi connectivity index (χ0v) is 13.3. The van der Waals surface area contributed by atoms with Crippen LogP contribution >= 0.6 is 23.4 Å². The molecule has 2 unspecified atom stereocenters. The minimum atomic E-state index is 0.142. The first-order valence-corrected chi connectivity index (χ1v) is 8.41. The molecular formula is C15H21ClN2OS. The summed E-state index contributed by atoms with van der Waals surface area (Å²) in [4.78, 5) is 13.0.